The molecule has 0 N–H and O–H groups in total. The van der Waals surface area contributed by atoms with Gasteiger partial charge in [0.05, 0.1) is 10.8 Å². The topological polar surface area (TPSA) is 17.1 Å². The lowest BCUT2D eigenvalue weighted by molar-refractivity contribution is 0.0981. The van der Waals surface area contributed by atoms with Crippen LogP contribution in [0.5, 0.6) is 0 Å². The third-order valence-corrected chi connectivity index (χ3v) is 4.31. The van der Waals surface area contributed by atoms with Gasteiger partial charge in [0.25, 0.3) is 0 Å². The lowest BCUT2D eigenvalue weighted by Crippen LogP contribution is -2.22. The summed E-state index contributed by atoms with van der Waals surface area (Å²) >= 11 is 1.66. The van der Waals surface area contributed by atoms with Crippen molar-refractivity contribution in [2.45, 2.75) is 31.4 Å². The molecule has 1 fully saturated rings. The van der Waals surface area contributed by atoms with Crippen molar-refractivity contribution in [3.05, 3.63) is 35.1 Å². The minimum absolute atomic E-state index is 0.0362. The molecule has 2 rings (SSSR count). The third kappa shape index (κ3) is 2.29. The van der Waals surface area contributed by atoms with Gasteiger partial charge in [-0.25, -0.2) is 4.39 Å². The average molecular weight is 238 g/mol. The van der Waals surface area contributed by atoms with Gasteiger partial charge in [-0.1, -0.05) is 18.6 Å². The Balaban J connectivity index is 2.22. The smallest absolute Gasteiger partial charge is 0.178 e. The number of ketones is 1. The number of Topliss-reactive ketones (excluding diaryl/α,β-unsaturated/α-hetero) is 1. The molecule has 86 valence electrons. The molecule has 0 radical (unpaired) electrons. The van der Waals surface area contributed by atoms with Gasteiger partial charge in [-0.05, 0) is 37.1 Å². The van der Waals surface area contributed by atoms with Gasteiger partial charge in [-0.3, -0.25) is 4.79 Å². The van der Waals surface area contributed by atoms with Crippen molar-refractivity contribution in [2.24, 2.45) is 0 Å². The van der Waals surface area contributed by atoms with E-state index < -0.39 is 0 Å². The standard InChI is InChI=1S/C13H15FOS/c1-9-5-4-6-10(12(9)14)13(15)11-7-2-3-8-16-11/h4-6,11H,2-3,7-8H2,1H3. The highest BCUT2D eigenvalue weighted by atomic mass is 32.2. The minimum atomic E-state index is -0.348. The molecule has 0 spiro atoms. The zero-order chi connectivity index (χ0) is 11.5. The Bertz CT molecular complexity index is 397. The van der Waals surface area contributed by atoms with E-state index in [0.717, 1.165) is 18.6 Å². The Morgan fingerprint density at radius 3 is 2.94 bits per heavy atom. The van der Waals surface area contributed by atoms with Crippen LogP contribution < -0.4 is 0 Å². The number of carbonyl (C=O) groups is 1. The molecule has 1 aromatic rings. The minimum Gasteiger partial charge on any atom is -0.293 e. The second-order valence-corrected chi connectivity index (χ2v) is 5.47. The molecule has 1 nitrogen and oxygen atoms in total. The summed E-state index contributed by atoms with van der Waals surface area (Å²) in [6.45, 7) is 1.69. The summed E-state index contributed by atoms with van der Waals surface area (Å²) in [7, 11) is 0. The van der Waals surface area contributed by atoms with Crippen molar-refractivity contribution < 1.29 is 9.18 Å². The van der Waals surface area contributed by atoms with Crippen LogP contribution in [0.1, 0.15) is 35.2 Å². The van der Waals surface area contributed by atoms with Crippen LogP contribution in [0.2, 0.25) is 0 Å². The van der Waals surface area contributed by atoms with Gasteiger partial charge in [-0.2, -0.15) is 11.8 Å². The highest BCUT2D eigenvalue weighted by Crippen LogP contribution is 2.28. The third-order valence-electron chi connectivity index (χ3n) is 2.93. The van der Waals surface area contributed by atoms with Crippen molar-refractivity contribution in [3.8, 4) is 0 Å². The molecule has 16 heavy (non-hydrogen) atoms. The first-order valence-electron chi connectivity index (χ1n) is 5.61. The molecular formula is C13H15FOS. The molecule has 0 aromatic heterocycles. The fraction of sp³-hybridized carbons (Fsp3) is 0.462. The molecule has 1 atom stereocenters. The summed E-state index contributed by atoms with van der Waals surface area (Å²) in [6, 6.07) is 5.04. The van der Waals surface area contributed by atoms with Crippen molar-refractivity contribution in [1.29, 1.82) is 0 Å². The summed E-state index contributed by atoms with van der Waals surface area (Å²) < 4.78 is 13.8. The van der Waals surface area contributed by atoms with E-state index in [0.29, 0.717) is 5.56 Å². The molecule has 0 aliphatic carbocycles. The number of hydrogen-bond donors (Lipinski definition) is 0. The highest BCUT2D eigenvalue weighted by molar-refractivity contribution is 8.00. The Morgan fingerprint density at radius 1 is 1.44 bits per heavy atom. The van der Waals surface area contributed by atoms with Crippen LogP contribution in [0, 0.1) is 12.7 Å². The molecule has 0 bridgehead atoms. The number of rotatable bonds is 2. The normalized spacial score (nSPS) is 20.8. The van der Waals surface area contributed by atoms with E-state index in [1.165, 1.54) is 6.42 Å². The Labute approximate surface area is 99.4 Å². The van der Waals surface area contributed by atoms with Gasteiger partial charge in [0.1, 0.15) is 5.82 Å². The van der Waals surface area contributed by atoms with Crippen LogP contribution in [0.3, 0.4) is 0 Å². The summed E-state index contributed by atoms with van der Waals surface area (Å²) in [4.78, 5) is 12.1. The van der Waals surface area contributed by atoms with E-state index in [1.54, 1.807) is 36.9 Å². The van der Waals surface area contributed by atoms with E-state index in [-0.39, 0.29) is 22.4 Å². The Kier molecular flexibility index (Phi) is 3.64. The number of hydrogen-bond acceptors (Lipinski definition) is 2. The molecule has 1 aliphatic rings. The average Bonchev–Trinajstić information content (AvgIpc) is 2.33. The van der Waals surface area contributed by atoms with Gasteiger partial charge in [0.2, 0.25) is 0 Å². The SMILES string of the molecule is Cc1cccc(C(=O)C2CCCCS2)c1F. The fourth-order valence-electron chi connectivity index (χ4n) is 1.96. The van der Waals surface area contributed by atoms with E-state index >= 15 is 0 Å². The first-order valence-corrected chi connectivity index (χ1v) is 6.66. The maximum absolute atomic E-state index is 13.8. The number of halogens is 1. The van der Waals surface area contributed by atoms with Crippen LogP contribution in [0.25, 0.3) is 0 Å². The summed E-state index contributed by atoms with van der Waals surface area (Å²) in [5.41, 5.74) is 0.811. The molecule has 1 saturated heterocycles. The highest BCUT2D eigenvalue weighted by Gasteiger charge is 2.25. The predicted octanol–water partition coefficient (Wildman–Crippen LogP) is 3.60. The van der Waals surface area contributed by atoms with Gasteiger partial charge >= 0.3 is 0 Å². The summed E-state index contributed by atoms with van der Waals surface area (Å²) in [5, 5.41) is -0.0370. The van der Waals surface area contributed by atoms with Crippen LogP contribution in [-0.4, -0.2) is 16.8 Å². The lowest BCUT2D eigenvalue weighted by atomic mass is 10.0. The molecular weight excluding hydrogens is 223 g/mol. The largest absolute Gasteiger partial charge is 0.293 e. The quantitative estimate of drug-likeness (QED) is 0.732. The van der Waals surface area contributed by atoms with Gasteiger partial charge in [-0.15, -0.1) is 0 Å². The predicted molar refractivity (Wildman–Crippen MR) is 65.6 cm³/mol. The Morgan fingerprint density at radius 2 is 2.25 bits per heavy atom. The maximum atomic E-state index is 13.8. The maximum Gasteiger partial charge on any atom is 0.178 e. The summed E-state index contributed by atoms with van der Waals surface area (Å²) in [5.74, 6) is 0.633. The van der Waals surface area contributed by atoms with E-state index in [2.05, 4.69) is 0 Å². The second kappa shape index (κ2) is 5.00. The number of carbonyl (C=O) groups excluding carboxylic acids is 1. The van der Waals surface area contributed by atoms with Crippen LogP contribution in [-0.2, 0) is 0 Å². The Hall–Kier alpha value is -0.830. The molecule has 1 heterocycles. The van der Waals surface area contributed by atoms with Crippen LogP contribution in [0.15, 0.2) is 18.2 Å². The van der Waals surface area contributed by atoms with E-state index in [1.807, 2.05) is 0 Å². The number of thioether (sulfide) groups is 1. The van der Waals surface area contributed by atoms with Crippen molar-refractivity contribution in [2.75, 3.05) is 5.75 Å². The molecule has 1 aliphatic heterocycles. The molecule has 0 amide bonds. The number of benzene rings is 1. The molecule has 3 heteroatoms. The summed E-state index contributed by atoms with van der Waals surface area (Å²) in [6.07, 6.45) is 3.14. The second-order valence-electron chi connectivity index (χ2n) is 4.16. The zero-order valence-corrected chi connectivity index (χ0v) is 10.1. The van der Waals surface area contributed by atoms with Crippen molar-refractivity contribution >= 4 is 17.5 Å². The fourth-order valence-corrected chi connectivity index (χ4v) is 3.23. The van der Waals surface area contributed by atoms with Gasteiger partial charge < -0.3 is 0 Å². The first kappa shape index (κ1) is 11.6. The molecule has 1 unspecified atom stereocenters. The van der Waals surface area contributed by atoms with E-state index in [9.17, 15) is 9.18 Å². The lowest BCUT2D eigenvalue weighted by Gasteiger charge is -2.20. The first-order chi connectivity index (χ1) is 7.70. The van der Waals surface area contributed by atoms with Crippen molar-refractivity contribution in [1.82, 2.24) is 0 Å². The monoisotopic (exact) mass is 238 g/mol. The van der Waals surface area contributed by atoms with Crippen molar-refractivity contribution in [3.63, 3.8) is 0 Å². The van der Waals surface area contributed by atoms with Gasteiger partial charge in [0.15, 0.2) is 5.78 Å². The van der Waals surface area contributed by atoms with Crippen LogP contribution in [0.4, 0.5) is 4.39 Å². The van der Waals surface area contributed by atoms with Gasteiger partial charge in [0, 0.05) is 0 Å². The van der Waals surface area contributed by atoms with Crippen LogP contribution >= 0.6 is 11.8 Å². The van der Waals surface area contributed by atoms with E-state index in [4.69, 9.17) is 0 Å². The molecule has 1 aromatic carbocycles. The zero-order valence-electron chi connectivity index (χ0n) is 9.33. The molecule has 0 saturated carbocycles. The number of aryl methyl sites for hydroxylation is 1.